The highest BCUT2D eigenvalue weighted by molar-refractivity contribution is 4.81. The molecule has 0 fully saturated rings. The molecule has 0 bridgehead atoms. The van der Waals surface area contributed by atoms with Gasteiger partial charge in [0, 0.05) is 6.42 Å². The van der Waals surface area contributed by atoms with E-state index in [9.17, 15) is 5.21 Å². The first kappa shape index (κ1) is 23.6. The predicted octanol–water partition coefficient (Wildman–Crippen LogP) is 6.90. The highest BCUT2D eigenvalue weighted by Crippen LogP contribution is 2.14. The molecule has 1 atom stereocenters. The Morgan fingerprint density at radius 3 is 1.62 bits per heavy atom. The number of hydroxylamine groups is 3. The van der Waals surface area contributed by atoms with Crippen molar-refractivity contribution in [1.82, 2.24) is 0 Å². The number of quaternary nitrogens is 1. The van der Waals surface area contributed by atoms with Gasteiger partial charge in [-0.2, -0.15) is 10.4 Å². The lowest BCUT2D eigenvalue weighted by atomic mass is 10.1. The van der Waals surface area contributed by atoms with E-state index in [-0.39, 0.29) is 0 Å². The highest BCUT2D eigenvalue weighted by Gasteiger charge is 2.20. The molecule has 144 valence electrons. The Hall–Kier alpha value is -0.420. The standard InChI is InChI=1S/C20H41NO3/c1-3-4-5-6-7-8-9-10-11-12-13-14-15-16-17-18-19-20(2)21(22,23)24/h10-11,20,22-23H,3-9,12-19H2,1-2H3/b11-10-. The van der Waals surface area contributed by atoms with Crippen molar-refractivity contribution in [2.75, 3.05) is 0 Å². The van der Waals surface area contributed by atoms with Crippen LogP contribution in [0.4, 0.5) is 0 Å². The van der Waals surface area contributed by atoms with Crippen molar-refractivity contribution in [3.63, 3.8) is 0 Å². The number of unbranched alkanes of at least 4 members (excludes halogenated alkanes) is 12. The Morgan fingerprint density at radius 2 is 1.17 bits per heavy atom. The Kier molecular flexibility index (Phi) is 15.8. The largest absolute Gasteiger partial charge is 0.564 e. The maximum absolute atomic E-state index is 10.8. The van der Waals surface area contributed by atoms with Gasteiger partial charge in [-0.05, 0) is 39.0 Å². The maximum atomic E-state index is 10.8. The van der Waals surface area contributed by atoms with Crippen LogP contribution >= 0.6 is 0 Å². The average Bonchev–Trinajstić information content (AvgIpc) is 2.53. The molecule has 0 saturated heterocycles. The Labute approximate surface area is 149 Å². The van der Waals surface area contributed by atoms with Crippen molar-refractivity contribution in [2.24, 2.45) is 0 Å². The van der Waals surface area contributed by atoms with Crippen LogP contribution in [0.3, 0.4) is 0 Å². The second-order valence-corrected chi connectivity index (χ2v) is 7.16. The van der Waals surface area contributed by atoms with E-state index in [0.717, 1.165) is 12.8 Å². The van der Waals surface area contributed by atoms with Crippen LogP contribution in [0, 0.1) is 5.21 Å². The van der Waals surface area contributed by atoms with Gasteiger partial charge in [0.15, 0.2) is 0 Å². The van der Waals surface area contributed by atoms with E-state index in [4.69, 9.17) is 10.4 Å². The zero-order valence-corrected chi connectivity index (χ0v) is 16.1. The lowest BCUT2D eigenvalue weighted by Crippen LogP contribution is -2.42. The third-order valence-electron chi connectivity index (χ3n) is 4.71. The fourth-order valence-electron chi connectivity index (χ4n) is 2.86. The van der Waals surface area contributed by atoms with E-state index < -0.39 is 11.0 Å². The van der Waals surface area contributed by atoms with Crippen molar-refractivity contribution in [2.45, 2.75) is 116 Å². The summed E-state index contributed by atoms with van der Waals surface area (Å²) in [6.07, 6.45) is 22.8. The molecule has 0 aliphatic heterocycles. The molecule has 4 heteroatoms. The fourth-order valence-corrected chi connectivity index (χ4v) is 2.86. The fraction of sp³-hybridized carbons (Fsp3) is 0.900. The minimum atomic E-state index is -2.15. The lowest BCUT2D eigenvalue weighted by Gasteiger charge is -2.30. The molecule has 0 aromatic carbocycles. The molecule has 0 radical (unpaired) electrons. The van der Waals surface area contributed by atoms with Crippen LogP contribution < -0.4 is 0 Å². The van der Waals surface area contributed by atoms with Crippen LogP contribution in [-0.2, 0) is 0 Å². The first-order valence-electron chi connectivity index (χ1n) is 10.2. The van der Waals surface area contributed by atoms with Crippen LogP contribution in [0.5, 0.6) is 0 Å². The SMILES string of the molecule is CCCCCCCC/C=C\CCCCCCCCC(C)[N+]([O-])(O)O. The minimum absolute atomic E-state index is 0.567. The van der Waals surface area contributed by atoms with Gasteiger partial charge in [-0.15, -0.1) is 0 Å². The van der Waals surface area contributed by atoms with E-state index in [1.807, 2.05) is 0 Å². The van der Waals surface area contributed by atoms with E-state index in [0.29, 0.717) is 6.42 Å². The quantitative estimate of drug-likeness (QED) is 0.131. The Bertz CT molecular complexity index is 287. The minimum Gasteiger partial charge on any atom is -0.564 e. The molecule has 2 N–H and O–H groups in total. The molecule has 0 amide bonds. The summed E-state index contributed by atoms with van der Waals surface area (Å²) in [4.78, 5) is -2.15. The molecule has 0 aliphatic carbocycles. The van der Waals surface area contributed by atoms with Gasteiger partial charge in [0.2, 0.25) is 0 Å². The maximum Gasteiger partial charge on any atom is 0.149 e. The molecule has 0 spiro atoms. The summed E-state index contributed by atoms with van der Waals surface area (Å²) in [5.41, 5.74) is 0. The first-order valence-corrected chi connectivity index (χ1v) is 10.2. The molecule has 0 rings (SSSR count). The van der Waals surface area contributed by atoms with Crippen LogP contribution in [0.15, 0.2) is 12.2 Å². The van der Waals surface area contributed by atoms with E-state index in [1.54, 1.807) is 6.92 Å². The topological polar surface area (TPSA) is 63.5 Å². The average molecular weight is 344 g/mol. The van der Waals surface area contributed by atoms with Crippen molar-refractivity contribution < 1.29 is 15.4 Å². The van der Waals surface area contributed by atoms with Crippen molar-refractivity contribution in [1.29, 1.82) is 0 Å². The summed E-state index contributed by atoms with van der Waals surface area (Å²) in [6, 6.07) is -0.651. The zero-order chi connectivity index (χ0) is 18.1. The summed E-state index contributed by atoms with van der Waals surface area (Å²) in [7, 11) is 0. The zero-order valence-electron chi connectivity index (χ0n) is 16.1. The molecule has 24 heavy (non-hydrogen) atoms. The molecular formula is C20H41NO3. The van der Waals surface area contributed by atoms with Crippen LogP contribution in [0.2, 0.25) is 0 Å². The molecule has 1 unspecified atom stereocenters. The van der Waals surface area contributed by atoms with Gasteiger partial charge in [-0.25, -0.2) is 0 Å². The molecule has 4 nitrogen and oxygen atoms in total. The molecule has 0 aromatic rings. The Morgan fingerprint density at radius 1 is 0.750 bits per heavy atom. The van der Waals surface area contributed by atoms with Crippen molar-refractivity contribution >= 4 is 0 Å². The molecular weight excluding hydrogens is 302 g/mol. The second-order valence-electron chi connectivity index (χ2n) is 7.16. The van der Waals surface area contributed by atoms with Crippen molar-refractivity contribution in [3.8, 4) is 0 Å². The number of hydrogen-bond acceptors (Lipinski definition) is 3. The lowest BCUT2D eigenvalue weighted by molar-refractivity contribution is -1.23. The van der Waals surface area contributed by atoms with Gasteiger partial charge < -0.3 is 5.21 Å². The van der Waals surface area contributed by atoms with Gasteiger partial charge in [0.1, 0.15) is 6.04 Å². The third kappa shape index (κ3) is 16.4. The third-order valence-corrected chi connectivity index (χ3v) is 4.71. The summed E-state index contributed by atoms with van der Waals surface area (Å²) >= 11 is 0. The van der Waals surface area contributed by atoms with Crippen molar-refractivity contribution in [3.05, 3.63) is 17.4 Å². The smallest absolute Gasteiger partial charge is 0.149 e. The van der Waals surface area contributed by atoms with Crippen LogP contribution in [0.25, 0.3) is 0 Å². The van der Waals surface area contributed by atoms with Gasteiger partial charge in [0.25, 0.3) is 0 Å². The predicted molar refractivity (Wildman–Crippen MR) is 101 cm³/mol. The van der Waals surface area contributed by atoms with E-state index in [1.165, 1.54) is 77.0 Å². The van der Waals surface area contributed by atoms with Crippen LogP contribution in [-0.4, -0.2) is 21.4 Å². The monoisotopic (exact) mass is 343 g/mol. The van der Waals surface area contributed by atoms with E-state index >= 15 is 0 Å². The summed E-state index contributed by atoms with van der Waals surface area (Å²) in [5.74, 6) is 0. The number of allylic oxidation sites excluding steroid dienone is 2. The molecule has 0 heterocycles. The van der Waals surface area contributed by atoms with Gasteiger partial charge >= 0.3 is 0 Å². The summed E-state index contributed by atoms with van der Waals surface area (Å²) in [6.45, 7) is 3.83. The molecule has 0 saturated carbocycles. The summed E-state index contributed by atoms with van der Waals surface area (Å²) < 4.78 is 0. The number of rotatable bonds is 17. The second kappa shape index (κ2) is 16.1. The number of nitrogens with zero attached hydrogens (tertiary/aromatic N) is 1. The van der Waals surface area contributed by atoms with Gasteiger partial charge in [-0.3, -0.25) is 0 Å². The first-order chi connectivity index (χ1) is 11.5. The van der Waals surface area contributed by atoms with Crippen LogP contribution in [0.1, 0.15) is 110 Å². The molecule has 0 aromatic heterocycles. The van der Waals surface area contributed by atoms with Gasteiger partial charge in [-0.1, -0.05) is 81.8 Å². The molecule has 0 aliphatic rings. The van der Waals surface area contributed by atoms with Gasteiger partial charge in [0.05, 0.1) is 0 Å². The highest BCUT2D eigenvalue weighted by atomic mass is 17.1. The Balaban J connectivity index is 3.21. The number of hydrogen-bond donors (Lipinski definition) is 2. The summed E-state index contributed by atoms with van der Waals surface area (Å²) in [5, 5.41) is 28.5. The normalized spacial score (nSPS) is 13.7. The van der Waals surface area contributed by atoms with E-state index in [2.05, 4.69) is 19.1 Å².